The Morgan fingerprint density at radius 3 is 2.53 bits per heavy atom. The van der Waals surface area contributed by atoms with E-state index in [9.17, 15) is 0 Å². The van der Waals surface area contributed by atoms with Crippen molar-refractivity contribution >= 4 is 0 Å². The molecule has 1 N–H and O–H groups in total. The molecular weight excluding hydrogens is 230 g/mol. The van der Waals surface area contributed by atoms with Crippen LogP contribution in [0.15, 0.2) is 24.3 Å². The van der Waals surface area contributed by atoms with Crippen molar-refractivity contribution in [3.05, 3.63) is 35.4 Å². The fourth-order valence-corrected chi connectivity index (χ4v) is 3.99. The topological polar surface area (TPSA) is 12.0 Å². The van der Waals surface area contributed by atoms with Gasteiger partial charge in [0.2, 0.25) is 0 Å². The van der Waals surface area contributed by atoms with Crippen LogP contribution in [0.1, 0.15) is 69.0 Å². The number of aryl methyl sites for hydroxylation is 1. The van der Waals surface area contributed by atoms with E-state index in [1.165, 1.54) is 51.4 Å². The Balaban J connectivity index is 1.62. The Morgan fingerprint density at radius 1 is 1.00 bits per heavy atom. The molecule has 3 rings (SSSR count). The Hall–Kier alpha value is -0.820. The number of nitrogens with one attached hydrogen (secondary N) is 1. The molecule has 1 nitrogen and oxygen atoms in total. The molecule has 2 aliphatic carbocycles. The quantitative estimate of drug-likeness (QED) is 0.779. The molecule has 1 saturated carbocycles. The highest BCUT2D eigenvalue weighted by molar-refractivity contribution is 5.34. The minimum absolute atomic E-state index is 0.606. The molecule has 0 saturated heterocycles. The molecule has 0 heterocycles. The van der Waals surface area contributed by atoms with E-state index in [4.69, 9.17) is 0 Å². The van der Waals surface area contributed by atoms with E-state index in [0.717, 1.165) is 5.92 Å². The van der Waals surface area contributed by atoms with Crippen LogP contribution in [0, 0.1) is 5.92 Å². The summed E-state index contributed by atoms with van der Waals surface area (Å²) in [6.07, 6.45) is 11.2. The van der Waals surface area contributed by atoms with Crippen molar-refractivity contribution in [1.82, 2.24) is 5.32 Å². The first-order valence-electron chi connectivity index (χ1n) is 8.18. The van der Waals surface area contributed by atoms with Gasteiger partial charge in [0.05, 0.1) is 0 Å². The molecule has 0 aromatic heterocycles. The number of benzene rings is 1. The molecule has 104 valence electrons. The normalized spacial score (nSPS) is 25.8. The lowest BCUT2D eigenvalue weighted by Crippen LogP contribution is -2.35. The number of hydrogen-bond acceptors (Lipinski definition) is 1. The smallest absolute Gasteiger partial charge is 0.0328 e. The van der Waals surface area contributed by atoms with Crippen LogP contribution in [-0.4, -0.2) is 6.04 Å². The zero-order chi connectivity index (χ0) is 13.1. The predicted octanol–water partition coefficient (Wildman–Crippen LogP) is 4.62. The third kappa shape index (κ3) is 3.02. The highest BCUT2D eigenvalue weighted by Crippen LogP contribution is 2.33. The standard InChI is InChI=1S/C18H27N/c1-14(15-8-4-2-3-5-9-15)19-18-13-12-16-10-6-7-11-17(16)18/h6-7,10-11,14-15,18-19H,2-5,8-9,12-13H2,1H3/t14-,18?/m1/s1. The van der Waals surface area contributed by atoms with Gasteiger partial charge >= 0.3 is 0 Å². The van der Waals surface area contributed by atoms with Gasteiger partial charge in [-0.1, -0.05) is 49.9 Å². The van der Waals surface area contributed by atoms with Gasteiger partial charge in [-0.05, 0) is 49.7 Å². The summed E-state index contributed by atoms with van der Waals surface area (Å²) in [5, 5.41) is 3.93. The highest BCUT2D eigenvalue weighted by Gasteiger charge is 2.26. The van der Waals surface area contributed by atoms with Crippen LogP contribution in [0.4, 0.5) is 0 Å². The van der Waals surface area contributed by atoms with Gasteiger partial charge in [0.1, 0.15) is 0 Å². The summed E-state index contributed by atoms with van der Waals surface area (Å²) in [6.45, 7) is 2.41. The highest BCUT2D eigenvalue weighted by atomic mass is 15.0. The second-order valence-corrected chi connectivity index (χ2v) is 6.50. The fourth-order valence-electron chi connectivity index (χ4n) is 3.99. The maximum atomic E-state index is 3.93. The van der Waals surface area contributed by atoms with Crippen molar-refractivity contribution < 1.29 is 0 Å². The predicted molar refractivity (Wildman–Crippen MR) is 81.3 cm³/mol. The Labute approximate surface area is 117 Å². The summed E-state index contributed by atoms with van der Waals surface area (Å²) < 4.78 is 0. The van der Waals surface area contributed by atoms with Crippen molar-refractivity contribution in [3.8, 4) is 0 Å². The molecule has 2 atom stereocenters. The summed E-state index contributed by atoms with van der Waals surface area (Å²) in [5.74, 6) is 0.898. The first kappa shape index (κ1) is 13.2. The van der Waals surface area contributed by atoms with Crippen LogP contribution in [0.5, 0.6) is 0 Å². The lowest BCUT2D eigenvalue weighted by atomic mass is 9.92. The summed E-state index contributed by atoms with van der Waals surface area (Å²) >= 11 is 0. The van der Waals surface area contributed by atoms with Crippen LogP contribution in [0.3, 0.4) is 0 Å². The molecule has 1 unspecified atom stereocenters. The Bertz CT molecular complexity index is 404. The van der Waals surface area contributed by atoms with E-state index in [1.807, 2.05) is 0 Å². The van der Waals surface area contributed by atoms with Crippen LogP contribution in [0.25, 0.3) is 0 Å². The lowest BCUT2D eigenvalue weighted by molar-refractivity contribution is 0.309. The molecule has 0 radical (unpaired) electrons. The second-order valence-electron chi connectivity index (χ2n) is 6.50. The van der Waals surface area contributed by atoms with E-state index >= 15 is 0 Å². The van der Waals surface area contributed by atoms with Gasteiger partial charge in [0.25, 0.3) is 0 Å². The maximum Gasteiger partial charge on any atom is 0.0328 e. The molecule has 19 heavy (non-hydrogen) atoms. The van der Waals surface area contributed by atoms with Crippen LogP contribution < -0.4 is 5.32 Å². The van der Waals surface area contributed by atoms with Gasteiger partial charge < -0.3 is 5.32 Å². The van der Waals surface area contributed by atoms with Gasteiger partial charge in [-0.3, -0.25) is 0 Å². The van der Waals surface area contributed by atoms with Gasteiger partial charge in [0, 0.05) is 12.1 Å². The van der Waals surface area contributed by atoms with E-state index in [1.54, 1.807) is 11.1 Å². The summed E-state index contributed by atoms with van der Waals surface area (Å²) in [7, 11) is 0. The maximum absolute atomic E-state index is 3.93. The van der Waals surface area contributed by atoms with E-state index in [0.29, 0.717) is 12.1 Å². The summed E-state index contributed by atoms with van der Waals surface area (Å²) in [4.78, 5) is 0. The lowest BCUT2D eigenvalue weighted by Gasteiger charge is -2.27. The second kappa shape index (κ2) is 6.09. The molecule has 0 bridgehead atoms. The van der Waals surface area contributed by atoms with Crippen molar-refractivity contribution in [2.75, 3.05) is 0 Å². The first-order chi connectivity index (χ1) is 9.34. The third-order valence-electron chi connectivity index (χ3n) is 5.20. The van der Waals surface area contributed by atoms with Crippen LogP contribution in [0.2, 0.25) is 0 Å². The largest absolute Gasteiger partial charge is 0.307 e. The van der Waals surface area contributed by atoms with Crippen molar-refractivity contribution in [3.63, 3.8) is 0 Å². The molecule has 1 heteroatoms. The van der Waals surface area contributed by atoms with Gasteiger partial charge in [-0.2, -0.15) is 0 Å². The minimum atomic E-state index is 0.606. The van der Waals surface area contributed by atoms with Crippen molar-refractivity contribution in [1.29, 1.82) is 0 Å². The molecule has 0 aliphatic heterocycles. The van der Waals surface area contributed by atoms with Gasteiger partial charge in [0.15, 0.2) is 0 Å². The molecule has 1 aromatic rings. The Kier molecular flexibility index (Phi) is 4.22. The molecule has 0 amide bonds. The number of hydrogen-bond donors (Lipinski definition) is 1. The Morgan fingerprint density at radius 2 is 1.74 bits per heavy atom. The average molecular weight is 257 g/mol. The van der Waals surface area contributed by atoms with E-state index < -0.39 is 0 Å². The summed E-state index contributed by atoms with van der Waals surface area (Å²) in [6, 6.07) is 10.3. The van der Waals surface area contributed by atoms with E-state index in [2.05, 4.69) is 36.5 Å². The molecular formula is C18H27N. The van der Waals surface area contributed by atoms with Crippen LogP contribution >= 0.6 is 0 Å². The molecule has 2 aliphatic rings. The zero-order valence-corrected chi connectivity index (χ0v) is 12.2. The van der Waals surface area contributed by atoms with Crippen molar-refractivity contribution in [2.45, 2.75) is 70.4 Å². The first-order valence-corrected chi connectivity index (χ1v) is 8.18. The van der Waals surface area contributed by atoms with E-state index in [-0.39, 0.29) is 0 Å². The molecule has 1 fully saturated rings. The average Bonchev–Trinajstić information content (AvgIpc) is 2.66. The van der Waals surface area contributed by atoms with Crippen molar-refractivity contribution in [2.24, 2.45) is 5.92 Å². The van der Waals surface area contributed by atoms with Gasteiger partial charge in [-0.15, -0.1) is 0 Å². The van der Waals surface area contributed by atoms with Gasteiger partial charge in [-0.25, -0.2) is 0 Å². The monoisotopic (exact) mass is 257 g/mol. The van der Waals surface area contributed by atoms with Crippen LogP contribution in [-0.2, 0) is 6.42 Å². The zero-order valence-electron chi connectivity index (χ0n) is 12.2. The SMILES string of the molecule is C[C@@H](NC1CCc2ccccc21)C1CCCCCC1. The fraction of sp³-hybridized carbons (Fsp3) is 0.667. The molecule has 0 spiro atoms. The molecule has 1 aromatic carbocycles. The number of fused-ring (bicyclic) bond motifs is 1. The number of rotatable bonds is 3. The third-order valence-corrected chi connectivity index (χ3v) is 5.20. The summed E-state index contributed by atoms with van der Waals surface area (Å²) in [5.41, 5.74) is 3.12. The minimum Gasteiger partial charge on any atom is -0.307 e.